The Morgan fingerprint density at radius 1 is 1.78 bits per heavy atom. The number of nitrogens with two attached hydrogens (primary N) is 1. The molecule has 0 aromatic heterocycles. The summed E-state index contributed by atoms with van der Waals surface area (Å²) in [6.07, 6.45) is 0.319. The third-order valence-corrected chi connectivity index (χ3v) is 0.702. The Balaban J connectivity index is 3.06. The normalized spacial score (nSPS) is 9.11. The van der Waals surface area contributed by atoms with E-state index in [1.165, 1.54) is 0 Å². The number of carbonyl (C=O) groups excluding carboxylic acids is 1. The maximum atomic E-state index is 10.5. The number of amides is 1. The van der Waals surface area contributed by atoms with E-state index in [4.69, 9.17) is 5.73 Å². The van der Waals surface area contributed by atoms with E-state index in [1.807, 2.05) is 0 Å². The van der Waals surface area contributed by atoms with Gasteiger partial charge in [0.15, 0.2) is 0 Å². The molecule has 0 unspecified atom stereocenters. The van der Waals surface area contributed by atoms with Gasteiger partial charge in [-0.3, -0.25) is 9.63 Å². The van der Waals surface area contributed by atoms with Crippen LogP contribution >= 0.6 is 0 Å². The Morgan fingerprint density at radius 2 is 2.44 bits per heavy atom. The molecule has 4 heteroatoms. The van der Waals surface area contributed by atoms with E-state index in [-0.39, 0.29) is 5.91 Å². The van der Waals surface area contributed by atoms with E-state index in [9.17, 15) is 4.79 Å². The molecule has 3 N–H and O–H groups in total. The Bertz CT molecular complexity index is 85.0. The van der Waals surface area contributed by atoms with Gasteiger partial charge in [-0.05, 0) is 6.92 Å². The first-order valence-electron chi connectivity index (χ1n) is 2.92. The summed E-state index contributed by atoms with van der Waals surface area (Å²) in [5.74, 6) is -0.167. The maximum Gasteiger partial charge on any atom is 0.244 e. The molecule has 9 heavy (non-hydrogen) atoms. The molecule has 4 nitrogen and oxygen atoms in total. The summed E-state index contributed by atoms with van der Waals surface area (Å²) in [5.41, 5.74) is 7.30. The van der Waals surface area contributed by atoms with Crippen LogP contribution in [0.3, 0.4) is 0 Å². The molecular weight excluding hydrogens is 120 g/mol. The van der Waals surface area contributed by atoms with Crippen LogP contribution in [0.25, 0.3) is 0 Å². The number of hydrogen-bond acceptors (Lipinski definition) is 3. The minimum atomic E-state index is -0.167. The summed E-state index contributed by atoms with van der Waals surface area (Å²) in [6.45, 7) is 2.64. The first-order valence-corrected chi connectivity index (χ1v) is 2.92. The topological polar surface area (TPSA) is 64.3 Å². The van der Waals surface area contributed by atoms with E-state index in [0.29, 0.717) is 19.6 Å². The number of hydroxylamine groups is 1. The molecule has 0 atom stereocenters. The zero-order valence-electron chi connectivity index (χ0n) is 5.52. The number of nitrogens with one attached hydrogen (secondary N) is 1. The molecule has 0 aromatic rings. The van der Waals surface area contributed by atoms with Crippen LogP contribution in [0.2, 0.25) is 0 Å². The van der Waals surface area contributed by atoms with Crippen LogP contribution in [0.1, 0.15) is 13.3 Å². The van der Waals surface area contributed by atoms with Gasteiger partial charge in [0.05, 0.1) is 6.61 Å². The maximum absolute atomic E-state index is 10.5. The fourth-order valence-corrected chi connectivity index (χ4v) is 0.335. The zero-order chi connectivity index (χ0) is 7.11. The summed E-state index contributed by atoms with van der Waals surface area (Å²) in [5, 5.41) is 0. The van der Waals surface area contributed by atoms with Crippen LogP contribution in [0.5, 0.6) is 0 Å². The minimum absolute atomic E-state index is 0.167. The highest BCUT2D eigenvalue weighted by Gasteiger charge is 1.95. The molecule has 0 radical (unpaired) electrons. The van der Waals surface area contributed by atoms with Crippen LogP contribution in [-0.2, 0) is 9.63 Å². The molecule has 0 spiro atoms. The van der Waals surface area contributed by atoms with Crippen molar-refractivity contribution in [2.75, 3.05) is 13.2 Å². The molecule has 0 fully saturated rings. The van der Waals surface area contributed by atoms with Crippen molar-refractivity contribution >= 4 is 5.91 Å². The first-order chi connectivity index (χ1) is 4.31. The van der Waals surface area contributed by atoms with Gasteiger partial charge in [0.1, 0.15) is 0 Å². The van der Waals surface area contributed by atoms with Crippen molar-refractivity contribution in [3.63, 3.8) is 0 Å². The van der Waals surface area contributed by atoms with Crippen molar-refractivity contribution in [3.8, 4) is 0 Å². The molecule has 0 rings (SSSR count). The lowest BCUT2D eigenvalue weighted by Gasteiger charge is -2.00. The lowest BCUT2D eigenvalue weighted by atomic mass is 10.4. The fourth-order valence-electron chi connectivity index (χ4n) is 0.335. The molecule has 0 saturated heterocycles. The highest BCUT2D eigenvalue weighted by molar-refractivity contribution is 5.74. The van der Waals surface area contributed by atoms with Crippen molar-refractivity contribution in [2.24, 2.45) is 5.73 Å². The summed E-state index contributed by atoms with van der Waals surface area (Å²) in [7, 11) is 0. The Morgan fingerprint density at radius 3 is 2.89 bits per heavy atom. The number of rotatable bonds is 4. The van der Waals surface area contributed by atoms with E-state index in [0.717, 1.165) is 0 Å². The van der Waals surface area contributed by atoms with Gasteiger partial charge in [0.2, 0.25) is 5.91 Å². The van der Waals surface area contributed by atoms with Crippen molar-refractivity contribution in [1.29, 1.82) is 0 Å². The van der Waals surface area contributed by atoms with Gasteiger partial charge >= 0.3 is 0 Å². The lowest BCUT2D eigenvalue weighted by molar-refractivity contribution is -0.132. The minimum Gasteiger partial charge on any atom is -0.330 e. The molecule has 0 aromatic carbocycles. The van der Waals surface area contributed by atoms with Crippen LogP contribution in [0.4, 0.5) is 0 Å². The van der Waals surface area contributed by atoms with Gasteiger partial charge in [-0.1, -0.05) is 0 Å². The van der Waals surface area contributed by atoms with E-state index < -0.39 is 0 Å². The van der Waals surface area contributed by atoms with Gasteiger partial charge < -0.3 is 5.73 Å². The number of hydrogen-bond donors (Lipinski definition) is 2. The molecule has 0 bridgehead atoms. The zero-order valence-corrected chi connectivity index (χ0v) is 5.52. The second kappa shape index (κ2) is 5.53. The Labute approximate surface area is 54.3 Å². The second-order valence-electron chi connectivity index (χ2n) is 1.50. The molecule has 0 aliphatic carbocycles. The Kier molecular flexibility index (Phi) is 5.15. The quantitative estimate of drug-likeness (QED) is 0.502. The van der Waals surface area contributed by atoms with E-state index >= 15 is 0 Å². The monoisotopic (exact) mass is 132 g/mol. The fraction of sp³-hybridized carbons (Fsp3) is 0.800. The molecule has 0 aliphatic heterocycles. The van der Waals surface area contributed by atoms with Crippen molar-refractivity contribution in [3.05, 3.63) is 0 Å². The van der Waals surface area contributed by atoms with Gasteiger partial charge in [-0.15, -0.1) is 0 Å². The van der Waals surface area contributed by atoms with Crippen LogP contribution in [0, 0.1) is 0 Å². The van der Waals surface area contributed by atoms with Gasteiger partial charge in [0, 0.05) is 13.0 Å². The molecule has 0 saturated carbocycles. The lowest BCUT2D eigenvalue weighted by Crippen LogP contribution is -2.25. The average Bonchev–Trinajstić information content (AvgIpc) is 1.85. The Hall–Kier alpha value is -0.610. The van der Waals surface area contributed by atoms with Gasteiger partial charge in [0.25, 0.3) is 0 Å². The summed E-state index contributed by atoms with van der Waals surface area (Å²) in [4.78, 5) is 15.1. The SMILES string of the molecule is CCONC(=O)CCN. The summed E-state index contributed by atoms with van der Waals surface area (Å²) >= 11 is 0. The van der Waals surface area contributed by atoms with Crippen molar-refractivity contribution in [2.45, 2.75) is 13.3 Å². The molecule has 0 heterocycles. The predicted molar refractivity (Wildman–Crippen MR) is 33.4 cm³/mol. The van der Waals surface area contributed by atoms with Crippen LogP contribution in [0.15, 0.2) is 0 Å². The van der Waals surface area contributed by atoms with E-state index in [2.05, 4.69) is 10.3 Å². The average molecular weight is 132 g/mol. The largest absolute Gasteiger partial charge is 0.330 e. The molecular formula is C5H12N2O2. The van der Waals surface area contributed by atoms with E-state index in [1.54, 1.807) is 6.92 Å². The number of carbonyl (C=O) groups is 1. The molecule has 0 aliphatic rings. The van der Waals surface area contributed by atoms with Crippen molar-refractivity contribution < 1.29 is 9.63 Å². The smallest absolute Gasteiger partial charge is 0.244 e. The van der Waals surface area contributed by atoms with Gasteiger partial charge in [-0.2, -0.15) is 0 Å². The third kappa shape index (κ3) is 5.26. The predicted octanol–water partition coefficient (Wildman–Crippen LogP) is -0.597. The standard InChI is InChI=1S/C5H12N2O2/c1-2-9-7-5(8)3-4-6/h2-4,6H2,1H3,(H,7,8). The molecule has 54 valence electrons. The highest BCUT2D eigenvalue weighted by atomic mass is 16.6. The third-order valence-electron chi connectivity index (χ3n) is 0.702. The molecule has 1 amide bonds. The van der Waals surface area contributed by atoms with Crippen LogP contribution in [-0.4, -0.2) is 19.1 Å². The van der Waals surface area contributed by atoms with Crippen LogP contribution < -0.4 is 11.2 Å². The summed E-state index contributed by atoms with van der Waals surface area (Å²) < 4.78 is 0. The van der Waals surface area contributed by atoms with Crippen molar-refractivity contribution in [1.82, 2.24) is 5.48 Å². The second-order valence-corrected chi connectivity index (χ2v) is 1.50. The highest BCUT2D eigenvalue weighted by Crippen LogP contribution is 1.73. The first kappa shape index (κ1) is 8.39. The van der Waals surface area contributed by atoms with Gasteiger partial charge in [-0.25, -0.2) is 5.48 Å². The summed E-state index contributed by atoms with van der Waals surface area (Å²) in [6, 6.07) is 0.